The Balaban J connectivity index is 1.72. The average Bonchev–Trinajstić information content (AvgIpc) is 3.21. The topological polar surface area (TPSA) is 57.2 Å². The van der Waals surface area contributed by atoms with E-state index < -0.39 is 5.60 Å². The number of likely N-dealkylation sites (N-methyl/N-ethyl adjacent to an activating group) is 1. The van der Waals surface area contributed by atoms with Gasteiger partial charge in [-0.05, 0) is 40.7 Å². The molecule has 0 bridgehead atoms. The van der Waals surface area contributed by atoms with Crippen LogP contribution in [-0.2, 0) is 4.74 Å². The number of amidine groups is 1. The molecule has 1 fully saturated rings. The van der Waals surface area contributed by atoms with Crippen molar-refractivity contribution >= 4 is 11.9 Å². The Bertz CT molecular complexity index is 399. The summed E-state index contributed by atoms with van der Waals surface area (Å²) in [5.41, 5.74) is -0.452. The van der Waals surface area contributed by atoms with Crippen LogP contribution in [-0.4, -0.2) is 73.1 Å². The van der Waals surface area contributed by atoms with Crippen LogP contribution < -0.4 is 5.32 Å². The summed E-state index contributed by atoms with van der Waals surface area (Å²) >= 11 is 0. The Morgan fingerprint density at radius 1 is 1.48 bits per heavy atom. The fraction of sp³-hybridized carbons (Fsp3) is 0.867. The van der Waals surface area contributed by atoms with Crippen molar-refractivity contribution in [1.29, 1.82) is 0 Å². The molecular formula is C15H28N4O2. The minimum absolute atomic E-state index is 0.258. The number of rotatable bonds is 4. The third-order valence-corrected chi connectivity index (χ3v) is 3.63. The first-order chi connectivity index (χ1) is 9.85. The molecule has 0 atom stereocenters. The number of ether oxygens (including phenoxy) is 1. The van der Waals surface area contributed by atoms with E-state index in [-0.39, 0.29) is 6.09 Å². The summed E-state index contributed by atoms with van der Waals surface area (Å²) < 4.78 is 5.40. The predicted molar refractivity (Wildman–Crippen MR) is 83.8 cm³/mol. The van der Waals surface area contributed by atoms with E-state index in [1.165, 1.54) is 12.8 Å². The molecule has 2 aliphatic rings. The summed E-state index contributed by atoms with van der Waals surface area (Å²) in [6.45, 7) is 9.32. The van der Waals surface area contributed by atoms with Crippen molar-refractivity contribution in [3.63, 3.8) is 0 Å². The Morgan fingerprint density at radius 2 is 2.19 bits per heavy atom. The monoisotopic (exact) mass is 296 g/mol. The molecule has 6 heteroatoms. The third kappa shape index (κ3) is 5.53. The maximum absolute atomic E-state index is 12.1. The van der Waals surface area contributed by atoms with Gasteiger partial charge >= 0.3 is 6.09 Å². The zero-order valence-corrected chi connectivity index (χ0v) is 13.7. The molecule has 2 rings (SSSR count). The van der Waals surface area contributed by atoms with Crippen molar-refractivity contribution in [2.75, 3.05) is 39.8 Å². The van der Waals surface area contributed by atoms with Crippen LogP contribution in [0.1, 0.15) is 33.6 Å². The maximum atomic E-state index is 12.1. The highest BCUT2D eigenvalue weighted by Crippen LogP contribution is 2.24. The Kier molecular flexibility index (Phi) is 5.08. The summed E-state index contributed by atoms with van der Waals surface area (Å²) in [4.78, 5) is 20.6. The largest absolute Gasteiger partial charge is 0.444 e. The number of carbonyl (C=O) groups excluding carboxylic acids is 1. The molecule has 1 heterocycles. The van der Waals surface area contributed by atoms with Crippen LogP contribution in [0.25, 0.3) is 0 Å². The van der Waals surface area contributed by atoms with E-state index in [0.717, 1.165) is 25.0 Å². The van der Waals surface area contributed by atoms with Gasteiger partial charge in [0.15, 0.2) is 0 Å². The molecule has 0 spiro atoms. The van der Waals surface area contributed by atoms with E-state index in [1.54, 1.807) is 4.90 Å². The van der Waals surface area contributed by atoms with Gasteiger partial charge < -0.3 is 15.0 Å². The van der Waals surface area contributed by atoms with Gasteiger partial charge in [0.2, 0.25) is 0 Å². The van der Waals surface area contributed by atoms with Gasteiger partial charge in [0, 0.05) is 25.7 Å². The molecule has 120 valence electrons. The van der Waals surface area contributed by atoms with E-state index in [2.05, 4.69) is 22.3 Å². The fourth-order valence-electron chi connectivity index (χ4n) is 2.28. The minimum atomic E-state index is -0.452. The minimum Gasteiger partial charge on any atom is -0.444 e. The van der Waals surface area contributed by atoms with E-state index >= 15 is 0 Å². The number of carbonyl (C=O) groups is 1. The van der Waals surface area contributed by atoms with Gasteiger partial charge in [0.1, 0.15) is 11.4 Å². The smallest absolute Gasteiger partial charge is 0.410 e. The maximum Gasteiger partial charge on any atom is 0.410 e. The summed E-state index contributed by atoms with van der Waals surface area (Å²) in [6.07, 6.45) is 2.39. The number of nitrogens with zero attached hydrogens (tertiary/aromatic N) is 3. The van der Waals surface area contributed by atoms with Gasteiger partial charge in [-0.3, -0.25) is 9.89 Å². The van der Waals surface area contributed by atoms with Crippen LogP contribution in [0.5, 0.6) is 0 Å². The van der Waals surface area contributed by atoms with Crippen LogP contribution in [0.3, 0.4) is 0 Å². The molecule has 0 radical (unpaired) electrons. The number of aliphatic imine (C=N–C) groups is 1. The first-order valence-corrected chi connectivity index (χ1v) is 7.80. The molecule has 1 saturated carbocycles. The molecule has 0 aromatic carbocycles. The summed E-state index contributed by atoms with van der Waals surface area (Å²) in [7, 11) is 2.16. The summed E-state index contributed by atoms with van der Waals surface area (Å²) in [5.74, 6) is 0.885. The molecule has 1 N–H and O–H groups in total. The number of nitrogens with one attached hydrogen (secondary N) is 1. The van der Waals surface area contributed by atoms with Crippen LogP contribution in [0, 0.1) is 0 Å². The van der Waals surface area contributed by atoms with Gasteiger partial charge in [-0.15, -0.1) is 0 Å². The quantitative estimate of drug-likeness (QED) is 0.850. The second kappa shape index (κ2) is 6.64. The average molecular weight is 296 g/mol. The van der Waals surface area contributed by atoms with Gasteiger partial charge in [0.05, 0.1) is 13.1 Å². The fourth-order valence-corrected chi connectivity index (χ4v) is 2.28. The lowest BCUT2D eigenvalue weighted by Crippen LogP contribution is -2.48. The molecule has 0 unspecified atom stereocenters. The highest BCUT2D eigenvalue weighted by Gasteiger charge is 2.26. The molecular weight excluding hydrogens is 268 g/mol. The standard InChI is InChI=1S/C15H28N4O2/c1-15(2,3)21-14(20)19-10-8-17-13(11-19)16-7-9-18(4)12-5-6-12/h12H,5-11H2,1-4H3,(H,16,17). The summed E-state index contributed by atoms with van der Waals surface area (Å²) in [5, 5.41) is 3.34. The van der Waals surface area contributed by atoms with Gasteiger partial charge in [0.25, 0.3) is 0 Å². The van der Waals surface area contributed by atoms with Crippen LogP contribution in [0.2, 0.25) is 0 Å². The molecule has 21 heavy (non-hydrogen) atoms. The molecule has 0 aromatic heterocycles. The first kappa shape index (κ1) is 16.1. The SMILES string of the molecule is CN(CCNC1=NCCN(C(=O)OC(C)(C)C)C1)C1CC1. The molecule has 0 aromatic rings. The van der Waals surface area contributed by atoms with Crippen molar-refractivity contribution < 1.29 is 9.53 Å². The lowest BCUT2D eigenvalue weighted by Gasteiger charge is -2.30. The Hall–Kier alpha value is -1.30. The Labute approximate surface area is 127 Å². The summed E-state index contributed by atoms with van der Waals surface area (Å²) in [6, 6.07) is 0.776. The predicted octanol–water partition coefficient (Wildman–Crippen LogP) is 1.32. The van der Waals surface area contributed by atoms with Gasteiger partial charge in [-0.1, -0.05) is 0 Å². The third-order valence-electron chi connectivity index (χ3n) is 3.63. The lowest BCUT2D eigenvalue weighted by molar-refractivity contribution is 0.0276. The zero-order chi connectivity index (χ0) is 15.5. The Morgan fingerprint density at radius 3 is 2.81 bits per heavy atom. The highest BCUT2D eigenvalue weighted by molar-refractivity contribution is 5.87. The van der Waals surface area contributed by atoms with Crippen LogP contribution >= 0.6 is 0 Å². The van der Waals surface area contributed by atoms with Crippen molar-refractivity contribution in [1.82, 2.24) is 15.1 Å². The van der Waals surface area contributed by atoms with Crippen molar-refractivity contribution in [3.05, 3.63) is 0 Å². The highest BCUT2D eigenvalue weighted by atomic mass is 16.6. The number of amides is 1. The molecule has 0 saturated heterocycles. The van der Waals surface area contributed by atoms with Crippen molar-refractivity contribution in [2.24, 2.45) is 4.99 Å². The molecule has 1 aliphatic carbocycles. The van der Waals surface area contributed by atoms with Crippen LogP contribution in [0.15, 0.2) is 4.99 Å². The van der Waals surface area contributed by atoms with E-state index in [9.17, 15) is 4.79 Å². The first-order valence-electron chi connectivity index (χ1n) is 7.80. The zero-order valence-electron chi connectivity index (χ0n) is 13.7. The molecule has 6 nitrogen and oxygen atoms in total. The molecule has 1 aliphatic heterocycles. The van der Waals surface area contributed by atoms with E-state index in [0.29, 0.717) is 19.6 Å². The van der Waals surface area contributed by atoms with Gasteiger partial charge in [-0.25, -0.2) is 4.79 Å². The number of hydrogen-bond donors (Lipinski definition) is 1. The second-order valence-electron chi connectivity index (χ2n) is 6.87. The van der Waals surface area contributed by atoms with Crippen LogP contribution in [0.4, 0.5) is 4.79 Å². The van der Waals surface area contributed by atoms with Gasteiger partial charge in [-0.2, -0.15) is 0 Å². The normalized spacial score (nSPS) is 19.5. The van der Waals surface area contributed by atoms with E-state index in [1.807, 2.05) is 20.8 Å². The lowest BCUT2D eigenvalue weighted by atomic mass is 10.2. The second-order valence-corrected chi connectivity index (χ2v) is 6.87. The van der Waals surface area contributed by atoms with Crippen molar-refractivity contribution in [3.8, 4) is 0 Å². The molecule has 1 amide bonds. The van der Waals surface area contributed by atoms with E-state index in [4.69, 9.17) is 4.74 Å². The van der Waals surface area contributed by atoms with Crippen molar-refractivity contribution in [2.45, 2.75) is 45.3 Å². The number of hydrogen-bond acceptors (Lipinski definition) is 5.